The Balaban J connectivity index is 1.97. The Labute approximate surface area is 169 Å². The number of amides is 1. The second-order valence-electron chi connectivity index (χ2n) is 6.43. The Bertz CT molecular complexity index is 827. The number of benzene rings is 1. The van der Waals surface area contributed by atoms with Gasteiger partial charge in [0.15, 0.2) is 17.2 Å². The quantitative estimate of drug-likeness (QED) is 0.621. The minimum Gasteiger partial charge on any atom is -0.503 e. The molecule has 0 spiro atoms. The molecule has 0 bridgehead atoms. The normalized spacial score (nSPS) is 13.7. The predicted octanol–water partition coefficient (Wildman–Crippen LogP) is 2.70. The Hall–Kier alpha value is -3.29. The number of esters is 1. The number of carbonyl (C=O) groups is 2. The number of para-hydroxylation sites is 1. The Kier molecular flexibility index (Phi) is 7.82. The summed E-state index contributed by atoms with van der Waals surface area (Å²) < 4.78 is 16.3. The topological polar surface area (TPSA) is 107 Å². The van der Waals surface area contributed by atoms with E-state index in [1.54, 1.807) is 0 Å². The summed E-state index contributed by atoms with van der Waals surface area (Å²) in [5, 5.41) is 12.5. The zero-order valence-electron chi connectivity index (χ0n) is 16.9. The van der Waals surface area contributed by atoms with E-state index in [9.17, 15) is 14.7 Å². The van der Waals surface area contributed by atoms with Crippen LogP contribution in [0.1, 0.15) is 37.7 Å². The molecule has 0 saturated heterocycles. The molecule has 0 radical (unpaired) electrons. The van der Waals surface area contributed by atoms with Crippen LogP contribution in [-0.4, -0.2) is 47.3 Å². The van der Waals surface area contributed by atoms with Gasteiger partial charge in [0.1, 0.15) is 24.0 Å². The number of pyridine rings is 1. The predicted molar refractivity (Wildman–Crippen MR) is 106 cm³/mol. The number of hydrogen-bond donors (Lipinski definition) is 2. The highest BCUT2D eigenvalue weighted by Gasteiger charge is 2.27. The van der Waals surface area contributed by atoms with Gasteiger partial charge in [-0.3, -0.25) is 4.79 Å². The summed E-state index contributed by atoms with van der Waals surface area (Å²) in [5.74, 6) is -0.943. The third kappa shape index (κ3) is 5.84. The molecular weight excluding hydrogens is 376 g/mol. The maximum Gasteiger partial charge on any atom is 0.328 e. The van der Waals surface area contributed by atoms with Crippen molar-refractivity contribution in [1.29, 1.82) is 0 Å². The third-order valence-corrected chi connectivity index (χ3v) is 4.28. The van der Waals surface area contributed by atoms with E-state index in [1.807, 2.05) is 44.2 Å². The lowest BCUT2D eigenvalue weighted by Gasteiger charge is -2.25. The molecule has 0 aliphatic carbocycles. The lowest BCUT2D eigenvalue weighted by atomic mass is 10.1. The van der Waals surface area contributed by atoms with Gasteiger partial charge in [0.2, 0.25) is 0 Å². The van der Waals surface area contributed by atoms with Crippen LogP contribution < -0.4 is 14.8 Å². The number of aromatic hydroxyl groups is 1. The van der Waals surface area contributed by atoms with Crippen molar-refractivity contribution in [3.8, 4) is 17.2 Å². The highest BCUT2D eigenvalue weighted by atomic mass is 16.6. The summed E-state index contributed by atoms with van der Waals surface area (Å²) in [4.78, 5) is 28.6. The van der Waals surface area contributed by atoms with Gasteiger partial charge in [-0.25, -0.2) is 9.78 Å². The van der Waals surface area contributed by atoms with Crippen molar-refractivity contribution in [2.75, 3.05) is 7.11 Å². The number of nitrogens with zero attached hydrogens (tertiary/aromatic N) is 1. The highest BCUT2D eigenvalue weighted by Crippen LogP contribution is 2.27. The minimum absolute atomic E-state index is 0.110. The second kappa shape index (κ2) is 10.3. The van der Waals surface area contributed by atoms with E-state index >= 15 is 0 Å². The molecule has 2 N–H and O–H groups in total. The Morgan fingerprint density at radius 1 is 1.17 bits per heavy atom. The van der Waals surface area contributed by atoms with E-state index in [1.165, 1.54) is 26.3 Å². The fraction of sp³-hybridized carbons (Fsp3) is 0.381. The zero-order chi connectivity index (χ0) is 21.4. The third-order valence-electron chi connectivity index (χ3n) is 4.28. The number of hydrogen-bond acceptors (Lipinski definition) is 7. The molecule has 0 unspecified atom stereocenters. The maximum absolute atomic E-state index is 12.4. The van der Waals surface area contributed by atoms with Gasteiger partial charge in [0.25, 0.3) is 5.91 Å². The van der Waals surface area contributed by atoms with Gasteiger partial charge in [0.05, 0.1) is 7.11 Å². The number of rotatable bonds is 9. The van der Waals surface area contributed by atoms with Crippen LogP contribution in [-0.2, 0) is 9.53 Å². The van der Waals surface area contributed by atoms with Crippen LogP contribution in [0.5, 0.6) is 17.2 Å². The molecule has 1 aromatic heterocycles. The number of nitrogens with one attached hydrogen (secondary N) is 1. The molecule has 8 nitrogen and oxygen atoms in total. The molecule has 3 atom stereocenters. The molecule has 0 saturated carbocycles. The van der Waals surface area contributed by atoms with Gasteiger partial charge in [-0.15, -0.1) is 0 Å². The van der Waals surface area contributed by atoms with E-state index in [2.05, 4.69) is 10.3 Å². The van der Waals surface area contributed by atoms with Crippen LogP contribution in [0.4, 0.5) is 0 Å². The molecule has 0 aliphatic heterocycles. The Morgan fingerprint density at radius 3 is 2.48 bits per heavy atom. The van der Waals surface area contributed by atoms with Crippen LogP contribution in [0, 0.1) is 0 Å². The SMILES string of the molecule is CC[C@H](OC(=O)[C@H](C)NC(=O)c1nccc(OC)c1O)[C@H](C)Oc1ccccc1. The number of carbonyl (C=O) groups excluding carboxylic acids is 2. The summed E-state index contributed by atoms with van der Waals surface area (Å²) in [5.41, 5.74) is -0.239. The molecule has 0 aliphatic rings. The van der Waals surface area contributed by atoms with Crippen LogP contribution in [0.25, 0.3) is 0 Å². The van der Waals surface area contributed by atoms with Crippen molar-refractivity contribution in [1.82, 2.24) is 10.3 Å². The number of aromatic nitrogens is 1. The summed E-state index contributed by atoms with van der Waals surface area (Å²) in [6, 6.07) is 9.71. The fourth-order valence-electron chi connectivity index (χ4n) is 2.64. The van der Waals surface area contributed by atoms with Crippen LogP contribution in [0.15, 0.2) is 42.6 Å². The van der Waals surface area contributed by atoms with Crippen LogP contribution in [0.3, 0.4) is 0 Å². The number of methoxy groups -OCH3 is 1. The van der Waals surface area contributed by atoms with Gasteiger partial charge in [-0.2, -0.15) is 0 Å². The van der Waals surface area contributed by atoms with Crippen molar-refractivity contribution in [2.24, 2.45) is 0 Å². The molecule has 1 amide bonds. The van der Waals surface area contributed by atoms with Crippen molar-refractivity contribution in [3.63, 3.8) is 0 Å². The zero-order valence-corrected chi connectivity index (χ0v) is 16.9. The van der Waals surface area contributed by atoms with Crippen molar-refractivity contribution >= 4 is 11.9 Å². The summed E-state index contributed by atoms with van der Waals surface area (Å²) in [6.45, 7) is 5.19. The summed E-state index contributed by atoms with van der Waals surface area (Å²) in [6.07, 6.45) is 0.994. The van der Waals surface area contributed by atoms with E-state index in [4.69, 9.17) is 14.2 Å². The number of ether oxygens (including phenoxy) is 3. The molecule has 2 rings (SSSR count). The molecule has 1 heterocycles. The first kappa shape index (κ1) is 22.0. The lowest BCUT2D eigenvalue weighted by Crippen LogP contribution is -2.43. The van der Waals surface area contributed by atoms with Crippen molar-refractivity contribution < 1.29 is 28.9 Å². The summed E-state index contributed by atoms with van der Waals surface area (Å²) >= 11 is 0. The smallest absolute Gasteiger partial charge is 0.328 e. The first-order valence-corrected chi connectivity index (χ1v) is 9.32. The van der Waals surface area contributed by atoms with E-state index in [0.29, 0.717) is 12.2 Å². The van der Waals surface area contributed by atoms with E-state index in [-0.39, 0.29) is 17.5 Å². The minimum atomic E-state index is -0.951. The molecule has 1 aromatic carbocycles. The Morgan fingerprint density at radius 2 is 1.86 bits per heavy atom. The second-order valence-corrected chi connectivity index (χ2v) is 6.43. The van der Waals surface area contributed by atoms with Crippen molar-refractivity contribution in [3.05, 3.63) is 48.3 Å². The monoisotopic (exact) mass is 402 g/mol. The van der Waals surface area contributed by atoms with Gasteiger partial charge in [-0.05, 0) is 32.4 Å². The molecule has 156 valence electrons. The molecule has 2 aromatic rings. The van der Waals surface area contributed by atoms with Gasteiger partial charge < -0.3 is 24.6 Å². The molecular formula is C21H26N2O6. The molecule has 8 heteroatoms. The largest absolute Gasteiger partial charge is 0.503 e. The van der Waals surface area contributed by atoms with Crippen LogP contribution >= 0.6 is 0 Å². The summed E-state index contributed by atoms with van der Waals surface area (Å²) in [7, 11) is 1.36. The maximum atomic E-state index is 12.4. The van der Waals surface area contributed by atoms with Gasteiger partial charge in [0, 0.05) is 12.3 Å². The van der Waals surface area contributed by atoms with Crippen molar-refractivity contribution in [2.45, 2.75) is 45.4 Å². The molecule has 0 fully saturated rings. The lowest BCUT2D eigenvalue weighted by molar-refractivity contribution is -0.155. The van der Waals surface area contributed by atoms with E-state index in [0.717, 1.165) is 0 Å². The fourth-order valence-corrected chi connectivity index (χ4v) is 2.64. The average Bonchev–Trinajstić information content (AvgIpc) is 2.72. The van der Waals surface area contributed by atoms with Gasteiger partial charge in [-0.1, -0.05) is 25.1 Å². The molecule has 29 heavy (non-hydrogen) atoms. The average molecular weight is 402 g/mol. The van der Waals surface area contributed by atoms with E-state index < -0.39 is 29.8 Å². The first-order valence-electron chi connectivity index (χ1n) is 9.32. The standard InChI is InChI=1S/C21H26N2O6/c1-5-16(14(3)28-15-9-7-6-8-10-15)29-21(26)13(2)23-20(25)18-19(24)17(27-4)11-12-22-18/h6-14,16,24H,5H2,1-4H3,(H,23,25)/t13-,14-,16-/m0/s1. The van der Waals surface area contributed by atoms with Crippen LogP contribution in [0.2, 0.25) is 0 Å². The van der Waals surface area contributed by atoms with Gasteiger partial charge >= 0.3 is 5.97 Å². The highest BCUT2D eigenvalue weighted by molar-refractivity contribution is 5.97. The first-order chi connectivity index (χ1) is 13.9.